The van der Waals surface area contributed by atoms with Crippen molar-refractivity contribution >= 4 is 23.3 Å². The van der Waals surface area contributed by atoms with Gasteiger partial charge in [-0.15, -0.1) is 0 Å². The van der Waals surface area contributed by atoms with Gasteiger partial charge in [0.25, 0.3) is 5.91 Å². The van der Waals surface area contributed by atoms with Crippen LogP contribution in [-0.4, -0.2) is 17.6 Å². The average Bonchev–Trinajstić information content (AvgIpc) is 2.87. The van der Waals surface area contributed by atoms with Crippen LogP contribution in [0.2, 0.25) is 0 Å². The van der Waals surface area contributed by atoms with Crippen molar-refractivity contribution in [1.29, 1.82) is 0 Å². The predicted octanol–water partition coefficient (Wildman–Crippen LogP) is 3.80. The van der Waals surface area contributed by atoms with Crippen molar-refractivity contribution in [2.45, 2.75) is 47.5 Å². The van der Waals surface area contributed by atoms with Crippen LogP contribution in [0.3, 0.4) is 0 Å². The molecule has 0 saturated heterocycles. The van der Waals surface area contributed by atoms with Crippen molar-refractivity contribution in [3.63, 3.8) is 0 Å². The number of nitrogens with one attached hydrogen (secondary N) is 2. The van der Waals surface area contributed by atoms with E-state index in [1.165, 1.54) is 0 Å². The highest BCUT2D eigenvalue weighted by Gasteiger charge is 2.36. The lowest BCUT2D eigenvalue weighted by Crippen LogP contribution is -2.31. The third-order valence-corrected chi connectivity index (χ3v) is 4.78. The lowest BCUT2D eigenvalue weighted by molar-refractivity contribution is 0.0993. The SMILES string of the molecule is Cc1cc(C)cc(NC(=O)c2oc3c(c2C)/C(=N\NC(N)=O)CC(C)(C)C3)c1. The number of amides is 3. The van der Waals surface area contributed by atoms with Gasteiger partial charge in [0.05, 0.1) is 5.71 Å². The van der Waals surface area contributed by atoms with E-state index in [-0.39, 0.29) is 17.1 Å². The topological polar surface area (TPSA) is 110 Å². The number of carbonyl (C=O) groups is 2. The van der Waals surface area contributed by atoms with E-state index in [1.807, 2.05) is 39.0 Å². The summed E-state index contributed by atoms with van der Waals surface area (Å²) in [6.07, 6.45) is 1.31. The molecule has 0 aliphatic heterocycles. The maximum absolute atomic E-state index is 12.9. The van der Waals surface area contributed by atoms with Crippen molar-refractivity contribution in [3.8, 4) is 0 Å². The Morgan fingerprint density at radius 1 is 1.11 bits per heavy atom. The number of hydrogen-bond acceptors (Lipinski definition) is 4. The number of primary amides is 1. The molecule has 3 amide bonds. The molecule has 1 aromatic carbocycles. The number of benzene rings is 1. The predicted molar refractivity (Wildman–Crippen MR) is 109 cm³/mol. The minimum Gasteiger partial charge on any atom is -0.455 e. The Kier molecular flexibility index (Phi) is 5.02. The summed E-state index contributed by atoms with van der Waals surface area (Å²) in [5.74, 6) is 0.648. The molecule has 7 nitrogen and oxygen atoms in total. The maximum atomic E-state index is 12.9. The molecule has 28 heavy (non-hydrogen) atoms. The van der Waals surface area contributed by atoms with Crippen LogP contribution in [0.15, 0.2) is 27.7 Å². The summed E-state index contributed by atoms with van der Waals surface area (Å²) < 4.78 is 5.97. The van der Waals surface area contributed by atoms with Crippen LogP contribution >= 0.6 is 0 Å². The Balaban J connectivity index is 1.97. The normalized spacial score (nSPS) is 16.5. The zero-order valence-electron chi connectivity index (χ0n) is 16.9. The van der Waals surface area contributed by atoms with Crippen LogP contribution in [0.4, 0.5) is 10.5 Å². The summed E-state index contributed by atoms with van der Waals surface area (Å²) in [5, 5.41) is 7.07. The zero-order chi connectivity index (χ0) is 20.6. The summed E-state index contributed by atoms with van der Waals surface area (Å²) in [6.45, 7) is 9.97. The quantitative estimate of drug-likeness (QED) is 0.702. The molecule has 0 atom stereocenters. The number of hydrogen-bond donors (Lipinski definition) is 3. The number of furan rings is 1. The molecule has 0 bridgehead atoms. The van der Waals surface area contributed by atoms with Gasteiger partial charge in [-0.25, -0.2) is 10.2 Å². The standard InChI is InChI=1S/C21H26N4O3/c1-11-6-12(2)8-14(7-11)23-19(26)18-13(3)17-15(24-25-20(22)27)9-21(4,5)10-16(17)28-18/h6-8H,9-10H2,1-5H3,(H,23,26)(H3,22,25,27)/b24-15-. The molecule has 4 N–H and O–H groups in total. The third kappa shape index (κ3) is 4.08. The molecule has 1 aromatic heterocycles. The maximum Gasteiger partial charge on any atom is 0.332 e. The summed E-state index contributed by atoms with van der Waals surface area (Å²) in [6, 6.07) is 5.14. The molecule has 0 unspecified atom stereocenters. The van der Waals surface area contributed by atoms with Crippen molar-refractivity contribution in [2.75, 3.05) is 5.32 Å². The first-order chi connectivity index (χ1) is 13.1. The monoisotopic (exact) mass is 382 g/mol. The molecule has 1 aliphatic carbocycles. The van der Waals surface area contributed by atoms with E-state index in [1.54, 1.807) is 0 Å². The first-order valence-corrected chi connectivity index (χ1v) is 9.20. The Morgan fingerprint density at radius 3 is 2.36 bits per heavy atom. The Hall–Kier alpha value is -3.09. The number of rotatable bonds is 3. The third-order valence-electron chi connectivity index (χ3n) is 4.78. The summed E-state index contributed by atoms with van der Waals surface area (Å²) in [7, 11) is 0. The number of anilines is 1. The van der Waals surface area contributed by atoms with Gasteiger partial charge in [0, 0.05) is 23.2 Å². The van der Waals surface area contributed by atoms with Crippen LogP contribution in [0.1, 0.15) is 58.8 Å². The first-order valence-electron chi connectivity index (χ1n) is 9.20. The van der Waals surface area contributed by atoms with Crippen molar-refractivity contribution < 1.29 is 14.0 Å². The van der Waals surface area contributed by atoms with Gasteiger partial charge in [-0.1, -0.05) is 19.9 Å². The molecule has 2 aromatic rings. The molecule has 1 heterocycles. The largest absolute Gasteiger partial charge is 0.455 e. The fourth-order valence-corrected chi connectivity index (χ4v) is 3.78. The Morgan fingerprint density at radius 2 is 1.75 bits per heavy atom. The van der Waals surface area contributed by atoms with Gasteiger partial charge in [-0.3, -0.25) is 4.79 Å². The second-order valence-corrected chi connectivity index (χ2v) is 8.24. The number of carbonyl (C=O) groups excluding carboxylic acids is 2. The number of nitrogens with zero attached hydrogens (tertiary/aromatic N) is 1. The number of aryl methyl sites for hydroxylation is 2. The van der Waals surface area contributed by atoms with Gasteiger partial charge in [-0.05, 0) is 55.9 Å². The highest BCUT2D eigenvalue weighted by molar-refractivity contribution is 6.09. The van der Waals surface area contributed by atoms with E-state index >= 15 is 0 Å². The molecule has 0 radical (unpaired) electrons. The summed E-state index contributed by atoms with van der Waals surface area (Å²) in [4.78, 5) is 24.0. The van der Waals surface area contributed by atoms with E-state index in [2.05, 4.69) is 29.7 Å². The van der Waals surface area contributed by atoms with Crippen molar-refractivity contribution in [3.05, 3.63) is 52.0 Å². The molecule has 0 spiro atoms. The van der Waals surface area contributed by atoms with E-state index in [0.29, 0.717) is 29.9 Å². The van der Waals surface area contributed by atoms with Crippen molar-refractivity contribution in [2.24, 2.45) is 16.3 Å². The van der Waals surface area contributed by atoms with Crippen LogP contribution < -0.4 is 16.5 Å². The van der Waals surface area contributed by atoms with Gasteiger partial charge in [0.15, 0.2) is 5.76 Å². The lowest BCUT2D eigenvalue weighted by Gasteiger charge is -2.29. The Labute approximate surface area is 164 Å². The number of nitrogens with two attached hydrogens (primary N) is 1. The minimum atomic E-state index is -0.730. The van der Waals surface area contributed by atoms with Crippen LogP contribution in [-0.2, 0) is 6.42 Å². The van der Waals surface area contributed by atoms with E-state index in [4.69, 9.17) is 10.2 Å². The van der Waals surface area contributed by atoms with Gasteiger partial charge < -0.3 is 15.5 Å². The van der Waals surface area contributed by atoms with Crippen LogP contribution in [0.5, 0.6) is 0 Å². The van der Waals surface area contributed by atoms with Crippen molar-refractivity contribution in [1.82, 2.24) is 5.43 Å². The molecule has 0 saturated carbocycles. The van der Waals surface area contributed by atoms with Crippen LogP contribution in [0, 0.1) is 26.2 Å². The van der Waals surface area contributed by atoms with Crippen LogP contribution in [0.25, 0.3) is 0 Å². The molecule has 3 rings (SSSR count). The second kappa shape index (κ2) is 7.14. The zero-order valence-corrected chi connectivity index (χ0v) is 16.9. The summed E-state index contributed by atoms with van der Waals surface area (Å²) >= 11 is 0. The fraction of sp³-hybridized carbons (Fsp3) is 0.381. The molecule has 148 valence electrons. The van der Waals surface area contributed by atoms with E-state index in [9.17, 15) is 9.59 Å². The van der Waals surface area contributed by atoms with E-state index in [0.717, 1.165) is 22.4 Å². The lowest BCUT2D eigenvalue weighted by atomic mass is 9.75. The van der Waals surface area contributed by atoms with Gasteiger partial charge in [0.1, 0.15) is 5.76 Å². The van der Waals surface area contributed by atoms with Gasteiger partial charge >= 0.3 is 6.03 Å². The molecular formula is C21H26N4O3. The highest BCUT2D eigenvalue weighted by atomic mass is 16.4. The Bertz CT molecular complexity index is 966. The summed E-state index contributed by atoms with van der Waals surface area (Å²) in [5.41, 5.74) is 12.3. The molecular weight excluding hydrogens is 356 g/mol. The fourth-order valence-electron chi connectivity index (χ4n) is 3.78. The smallest absolute Gasteiger partial charge is 0.332 e. The van der Waals surface area contributed by atoms with E-state index < -0.39 is 6.03 Å². The number of hydrazone groups is 1. The molecule has 1 aliphatic rings. The second-order valence-electron chi connectivity index (χ2n) is 8.24. The minimum absolute atomic E-state index is 0.114. The highest BCUT2D eigenvalue weighted by Crippen LogP contribution is 2.39. The molecule has 0 fully saturated rings. The average molecular weight is 382 g/mol. The first kappa shape index (κ1) is 19.7. The van der Waals surface area contributed by atoms with Gasteiger partial charge in [0.2, 0.25) is 0 Å². The van der Waals surface area contributed by atoms with Gasteiger partial charge in [-0.2, -0.15) is 5.10 Å². The number of fused-ring (bicyclic) bond motifs is 1. The molecule has 7 heteroatoms. The number of urea groups is 1.